The molecule has 0 amide bonds. The quantitative estimate of drug-likeness (QED) is 0.674. The summed E-state index contributed by atoms with van der Waals surface area (Å²) in [5.74, 6) is 0. The van der Waals surface area contributed by atoms with E-state index in [1.54, 1.807) is 11.1 Å². The summed E-state index contributed by atoms with van der Waals surface area (Å²) in [5, 5.41) is 0. The fraction of sp³-hybridized carbons (Fsp3) is 0.571. The van der Waals surface area contributed by atoms with E-state index in [4.69, 9.17) is 0 Å². The van der Waals surface area contributed by atoms with Crippen LogP contribution in [0.4, 0.5) is 5.69 Å². The highest BCUT2D eigenvalue weighted by Gasteiger charge is 2.15. The third-order valence-electron chi connectivity index (χ3n) is 3.80. The van der Waals surface area contributed by atoms with Gasteiger partial charge in [0.1, 0.15) is 0 Å². The van der Waals surface area contributed by atoms with Crippen LogP contribution in [0.2, 0.25) is 0 Å². The second kappa shape index (κ2) is 3.88. The summed E-state index contributed by atoms with van der Waals surface area (Å²) in [6.45, 7) is 2.53. The van der Waals surface area contributed by atoms with Crippen LogP contribution in [-0.4, -0.2) is 13.1 Å². The highest BCUT2D eigenvalue weighted by molar-refractivity contribution is 5.52. The Hall–Kier alpha value is -0.980. The minimum Gasteiger partial charge on any atom is -0.372 e. The fourth-order valence-electron chi connectivity index (χ4n) is 2.89. The highest BCUT2D eigenvalue weighted by atomic mass is 15.1. The zero-order valence-electron chi connectivity index (χ0n) is 9.34. The Morgan fingerprint density at radius 3 is 2.33 bits per heavy atom. The molecule has 0 bridgehead atoms. The summed E-state index contributed by atoms with van der Waals surface area (Å²) in [6.07, 6.45) is 8.12. The number of fused-ring (bicyclic) bond motifs is 1. The van der Waals surface area contributed by atoms with Crippen molar-refractivity contribution in [3.63, 3.8) is 0 Å². The van der Waals surface area contributed by atoms with E-state index >= 15 is 0 Å². The van der Waals surface area contributed by atoms with E-state index in [1.165, 1.54) is 57.3 Å². The van der Waals surface area contributed by atoms with Gasteiger partial charge in [-0.2, -0.15) is 0 Å². The number of hydrogen-bond acceptors (Lipinski definition) is 1. The van der Waals surface area contributed by atoms with Gasteiger partial charge in [0.25, 0.3) is 0 Å². The van der Waals surface area contributed by atoms with Gasteiger partial charge < -0.3 is 4.90 Å². The summed E-state index contributed by atoms with van der Waals surface area (Å²) in [7, 11) is 0. The molecular weight excluding hydrogens is 182 g/mol. The standard InChI is InChI=1S/C14H19N/c1-2-6-13-11-14(8-7-12(13)5-1)15-9-3-4-10-15/h7-8,11H,1-6,9-10H2. The van der Waals surface area contributed by atoms with Gasteiger partial charge in [-0.25, -0.2) is 0 Å². The zero-order valence-corrected chi connectivity index (χ0v) is 9.34. The van der Waals surface area contributed by atoms with Gasteiger partial charge in [0, 0.05) is 18.8 Å². The number of rotatable bonds is 1. The lowest BCUT2D eigenvalue weighted by Crippen LogP contribution is -2.18. The Balaban J connectivity index is 1.89. The van der Waals surface area contributed by atoms with Crippen molar-refractivity contribution < 1.29 is 0 Å². The molecule has 1 nitrogen and oxygen atoms in total. The third kappa shape index (κ3) is 1.75. The summed E-state index contributed by atoms with van der Waals surface area (Å²) >= 11 is 0. The molecule has 1 aliphatic carbocycles. The predicted octanol–water partition coefficient (Wildman–Crippen LogP) is 3.17. The minimum absolute atomic E-state index is 1.26. The SMILES string of the molecule is c1cc2c(cc1N1CCCC1)CCCC2. The molecule has 80 valence electrons. The molecule has 1 heteroatoms. The smallest absolute Gasteiger partial charge is 0.0369 e. The first-order valence-electron chi connectivity index (χ1n) is 6.30. The van der Waals surface area contributed by atoms with Crippen LogP contribution in [0.3, 0.4) is 0 Å². The van der Waals surface area contributed by atoms with E-state index in [1.807, 2.05) is 0 Å². The Morgan fingerprint density at radius 1 is 0.800 bits per heavy atom. The Kier molecular flexibility index (Phi) is 2.40. The molecule has 1 aromatic carbocycles. The normalized spacial score (nSPS) is 20.4. The molecule has 1 heterocycles. The first-order chi connectivity index (χ1) is 7.43. The predicted molar refractivity (Wildman–Crippen MR) is 64.5 cm³/mol. The maximum absolute atomic E-state index is 2.54. The molecule has 15 heavy (non-hydrogen) atoms. The van der Waals surface area contributed by atoms with E-state index in [0.29, 0.717) is 0 Å². The molecule has 1 saturated heterocycles. The van der Waals surface area contributed by atoms with Crippen molar-refractivity contribution >= 4 is 5.69 Å². The molecule has 1 fully saturated rings. The van der Waals surface area contributed by atoms with Crippen LogP contribution in [0.1, 0.15) is 36.8 Å². The van der Waals surface area contributed by atoms with Crippen molar-refractivity contribution in [2.24, 2.45) is 0 Å². The Bertz CT molecular complexity index is 350. The molecule has 0 aromatic heterocycles. The summed E-state index contributed by atoms with van der Waals surface area (Å²) in [6, 6.07) is 7.14. The molecule has 2 aliphatic rings. The lowest BCUT2D eigenvalue weighted by Gasteiger charge is -2.22. The van der Waals surface area contributed by atoms with Crippen molar-refractivity contribution in [3.05, 3.63) is 29.3 Å². The average molecular weight is 201 g/mol. The molecule has 0 atom stereocenters. The minimum atomic E-state index is 1.26. The van der Waals surface area contributed by atoms with Crippen LogP contribution in [-0.2, 0) is 12.8 Å². The topological polar surface area (TPSA) is 3.24 Å². The molecule has 0 unspecified atom stereocenters. The maximum Gasteiger partial charge on any atom is 0.0369 e. The molecule has 1 aromatic rings. The van der Waals surface area contributed by atoms with Crippen LogP contribution < -0.4 is 4.90 Å². The number of hydrogen-bond donors (Lipinski definition) is 0. The number of aryl methyl sites for hydroxylation is 2. The van der Waals surface area contributed by atoms with Gasteiger partial charge >= 0.3 is 0 Å². The number of nitrogens with zero attached hydrogens (tertiary/aromatic N) is 1. The third-order valence-corrected chi connectivity index (χ3v) is 3.80. The van der Waals surface area contributed by atoms with Crippen LogP contribution >= 0.6 is 0 Å². The van der Waals surface area contributed by atoms with Crippen LogP contribution in [0, 0.1) is 0 Å². The first-order valence-corrected chi connectivity index (χ1v) is 6.30. The Labute approximate surface area is 92.1 Å². The van der Waals surface area contributed by atoms with Crippen LogP contribution in [0.15, 0.2) is 18.2 Å². The molecule has 0 N–H and O–H groups in total. The van der Waals surface area contributed by atoms with E-state index in [0.717, 1.165) is 0 Å². The molecule has 0 saturated carbocycles. The monoisotopic (exact) mass is 201 g/mol. The second-order valence-electron chi connectivity index (χ2n) is 4.85. The van der Waals surface area contributed by atoms with E-state index in [9.17, 15) is 0 Å². The first kappa shape index (κ1) is 9.26. The summed E-state index contributed by atoms with van der Waals surface area (Å²) in [4.78, 5) is 2.54. The molecule has 1 aliphatic heterocycles. The maximum atomic E-state index is 2.54. The van der Waals surface area contributed by atoms with Gasteiger partial charge in [0.05, 0.1) is 0 Å². The lowest BCUT2D eigenvalue weighted by atomic mass is 9.91. The molecular formula is C14H19N. The van der Waals surface area contributed by atoms with E-state index in [-0.39, 0.29) is 0 Å². The van der Waals surface area contributed by atoms with Crippen LogP contribution in [0.25, 0.3) is 0 Å². The summed E-state index contributed by atoms with van der Waals surface area (Å²) in [5.41, 5.74) is 4.68. The largest absolute Gasteiger partial charge is 0.372 e. The summed E-state index contributed by atoms with van der Waals surface area (Å²) < 4.78 is 0. The Morgan fingerprint density at radius 2 is 1.53 bits per heavy atom. The fourth-order valence-corrected chi connectivity index (χ4v) is 2.89. The van der Waals surface area contributed by atoms with Crippen molar-refractivity contribution in [1.29, 1.82) is 0 Å². The van der Waals surface area contributed by atoms with Gasteiger partial charge in [-0.05, 0) is 61.8 Å². The van der Waals surface area contributed by atoms with Gasteiger partial charge in [0.15, 0.2) is 0 Å². The van der Waals surface area contributed by atoms with Crippen molar-refractivity contribution in [2.45, 2.75) is 38.5 Å². The van der Waals surface area contributed by atoms with E-state index in [2.05, 4.69) is 23.1 Å². The van der Waals surface area contributed by atoms with Gasteiger partial charge in [-0.3, -0.25) is 0 Å². The molecule has 0 radical (unpaired) electrons. The van der Waals surface area contributed by atoms with Gasteiger partial charge in [0.2, 0.25) is 0 Å². The van der Waals surface area contributed by atoms with Crippen molar-refractivity contribution in [2.75, 3.05) is 18.0 Å². The zero-order chi connectivity index (χ0) is 10.1. The molecule has 3 rings (SSSR count). The van der Waals surface area contributed by atoms with Crippen molar-refractivity contribution in [3.8, 4) is 0 Å². The average Bonchev–Trinajstić information content (AvgIpc) is 2.82. The molecule has 0 spiro atoms. The van der Waals surface area contributed by atoms with Gasteiger partial charge in [-0.1, -0.05) is 6.07 Å². The number of benzene rings is 1. The van der Waals surface area contributed by atoms with Gasteiger partial charge in [-0.15, -0.1) is 0 Å². The van der Waals surface area contributed by atoms with Crippen LogP contribution in [0.5, 0.6) is 0 Å². The highest BCUT2D eigenvalue weighted by Crippen LogP contribution is 2.27. The lowest BCUT2D eigenvalue weighted by molar-refractivity contribution is 0.685. The second-order valence-corrected chi connectivity index (χ2v) is 4.85. The van der Waals surface area contributed by atoms with E-state index < -0.39 is 0 Å². The number of anilines is 1. The van der Waals surface area contributed by atoms with Crippen molar-refractivity contribution in [1.82, 2.24) is 0 Å².